The molecule has 0 aliphatic carbocycles. The molecule has 0 spiro atoms. The molecular weight excluding hydrogens is 377 g/mol. The predicted octanol–water partition coefficient (Wildman–Crippen LogP) is 1.81. The van der Waals surface area contributed by atoms with Crippen LogP contribution in [0.15, 0.2) is 29.6 Å². The Morgan fingerprint density at radius 1 is 1.19 bits per heavy atom. The van der Waals surface area contributed by atoms with Crippen molar-refractivity contribution < 1.29 is 17.6 Å². The molecule has 140 valence electrons. The fourth-order valence-electron chi connectivity index (χ4n) is 2.85. The zero-order valence-electron chi connectivity index (χ0n) is 14.4. The lowest BCUT2D eigenvalue weighted by atomic mass is 10.2. The van der Waals surface area contributed by atoms with E-state index in [9.17, 15) is 17.6 Å². The summed E-state index contributed by atoms with van der Waals surface area (Å²) in [4.78, 5) is 18.3. The van der Waals surface area contributed by atoms with E-state index in [1.807, 2.05) is 12.3 Å². The first-order valence-corrected chi connectivity index (χ1v) is 10.7. The number of piperazine rings is 1. The molecule has 0 N–H and O–H groups in total. The molecule has 1 aliphatic rings. The van der Waals surface area contributed by atoms with Crippen LogP contribution in [0.1, 0.15) is 16.3 Å². The summed E-state index contributed by atoms with van der Waals surface area (Å²) in [5, 5.41) is 2.79. The lowest BCUT2D eigenvalue weighted by molar-refractivity contribution is -0.131. The number of benzene rings is 1. The van der Waals surface area contributed by atoms with Crippen molar-refractivity contribution in [3.8, 4) is 0 Å². The van der Waals surface area contributed by atoms with Crippen molar-refractivity contribution in [2.45, 2.75) is 19.1 Å². The fraction of sp³-hybridized carbons (Fsp3) is 0.412. The first kappa shape index (κ1) is 18.9. The molecule has 26 heavy (non-hydrogen) atoms. The standard InChI is InChI=1S/C17H20FN3O3S2/c1-13-19-16(11-25-13)10-17(22)20-6-8-21(9-7-20)26(23,24)12-14-2-4-15(18)5-3-14/h2-5,11H,6-10,12H2,1H3. The number of hydrogen-bond donors (Lipinski definition) is 0. The van der Waals surface area contributed by atoms with E-state index in [0.29, 0.717) is 18.7 Å². The average Bonchev–Trinajstić information content (AvgIpc) is 3.02. The number of hydrogen-bond acceptors (Lipinski definition) is 5. The van der Waals surface area contributed by atoms with Crippen molar-refractivity contribution in [2.75, 3.05) is 26.2 Å². The number of carbonyl (C=O) groups excluding carboxylic acids is 1. The number of carbonyl (C=O) groups is 1. The van der Waals surface area contributed by atoms with Crippen LogP contribution in [0.25, 0.3) is 0 Å². The second-order valence-corrected chi connectivity index (χ2v) is 9.23. The van der Waals surface area contributed by atoms with Crippen molar-refractivity contribution in [1.29, 1.82) is 0 Å². The Hall–Kier alpha value is -1.84. The normalized spacial score (nSPS) is 16.0. The zero-order chi connectivity index (χ0) is 18.7. The Bertz CT molecular complexity index is 873. The highest BCUT2D eigenvalue weighted by Gasteiger charge is 2.29. The molecule has 1 aliphatic heterocycles. The number of aryl methyl sites for hydroxylation is 1. The quantitative estimate of drug-likeness (QED) is 0.772. The molecule has 1 aromatic heterocycles. The molecule has 0 bridgehead atoms. The Labute approximate surface area is 156 Å². The molecule has 0 atom stereocenters. The van der Waals surface area contributed by atoms with Crippen LogP contribution in [0.5, 0.6) is 0 Å². The molecular formula is C17H20FN3O3S2. The van der Waals surface area contributed by atoms with Crippen LogP contribution >= 0.6 is 11.3 Å². The molecule has 3 rings (SSSR count). The third-order valence-corrected chi connectivity index (χ3v) is 6.92. The van der Waals surface area contributed by atoms with Crippen LogP contribution in [0.2, 0.25) is 0 Å². The zero-order valence-corrected chi connectivity index (χ0v) is 16.0. The van der Waals surface area contributed by atoms with Crippen LogP contribution in [-0.4, -0.2) is 54.7 Å². The van der Waals surface area contributed by atoms with Gasteiger partial charge >= 0.3 is 0 Å². The summed E-state index contributed by atoms with van der Waals surface area (Å²) >= 11 is 1.51. The lowest BCUT2D eigenvalue weighted by Crippen LogP contribution is -2.51. The Morgan fingerprint density at radius 2 is 1.85 bits per heavy atom. The van der Waals surface area contributed by atoms with Gasteiger partial charge in [-0.15, -0.1) is 11.3 Å². The fourth-order valence-corrected chi connectivity index (χ4v) is 4.98. The van der Waals surface area contributed by atoms with Crippen LogP contribution < -0.4 is 0 Å². The van der Waals surface area contributed by atoms with E-state index < -0.39 is 15.8 Å². The number of halogens is 1. The minimum atomic E-state index is -3.49. The van der Waals surface area contributed by atoms with Gasteiger partial charge in [0.1, 0.15) is 5.82 Å². The van der Waals surface area contributed by atoms with E-state index in [1.165, 1.54) is 39.9 Å². The monoisotopic (exact) mass is 397 g/mol. The van der Waals surface area contributed by atoms with Crippen molar-refractivity contribution in [1.82, 2.24) is 14.2 Å². The topological polar surface area (TPSA) is 70.6 Å². The van der Waals surface area contributed by atoms with E-state index in [-0.39, 0.29) is 31.2 Å². The molecule has 1 aromatic carbocycles. The summed E-state index contributed by atoms with van der Waals surface area (Å²) in [6, 6.07) is 5.45. The number of nitrogens with zero attached hydrogens (tertiary/aromatic N) is 3. The summed E-state index contributed by atoms with van der Waals surface area (Å²) in [7, 11) is -3.49. The van der Waals surface area contributed by atoms with Crippen LogP contribution in [0.3, 0.4) is 0 Å². The van der Waals surface area contributed by atoms with Gasteiger partial charge in [0.2, 0.25) is 15.9 Å². The number of sulfonamides is 1. The molecule has 0 saturated carbocycles. The highest BCUT2D eigenvalue weighted by atomic mass is 32.2. The molecule has 2 heterocycles. The van der Waals surface area contributed by atoms with E-state index >= 15 is 0 Å². The Kier molecular flexibility index (Phi) is 5.69. The summed E-state index contributed by atoms with van der Waals surface area (Å²) in [6.45, 7) is 3.16. The maximum Gasteiger partial charge on any atom is 0.228 e. The summed E-state index contributed by atoms with van der Waals surface area (Å²) in [5.74, 6) is -0.598. The smallest absolute Gasteiger partial charge is 0.228 e. The third kappa shape index (κ3) is 4.66. The van der Waals surface area contributed by atoms with E-state index in [0.717, 1.165) is 10.7 Å². The van der Waals surface area contributed by atoms with E-state index in [1.54, 1.807) is 4.90 Å². The second-order valence-electron chi connectivity index (χ2n) is 6.20. The minimum absolute atomic E-state index is 0.0362. The van der Waals surface area contributed by atoms with E-state index in [4.69, 9.17) is 0 Å². The summed E-state index contributed by atoms with van der Waals surface area (Å²) in [6.07, 6.45) is 0.243. The number of aromatic nitrogens is 1. The van der Waals surface area contributed by atoms with Crippen molar-refractivity contribution >= 4 is 27.3 Å². The second kappa shape index (κ2) is 7.81. The molecule has 0 radical (unpaired) electrons. The minimum Gasteiger partial charge on any atom is -0.340 e. The Balaban J connectivity index is 1.55. The van der Waals surface area contributed by atoms with Gasteiger partial charge in [-0.25, -0.2) is 17.8 Å². The third-order valence-electron chi connectivity index (χ3n) is 4.25. The number of thiazole rings is 1. The lowest BCUT2D eigenvalue weighted by Gasteiger charge is -2.34. The highest BCUT2D eigenvalue weighted by molar-refractivity contribution is 7.88. The molecule has 1 amide bonds. The molecule has 6 nitrogen and oxygen atoms in total. The van der Waals surface area contributed by atoms with Gasteiger partial charge in [0.05, 0.1) is 22.9 Å². The van der Waals surface area contributed by atoms with Gasteiger partial charge in [-0.2, -0.15) is 4.31 Å². The van der Waals surface area contributed by atoms with Gasteiger partial charge in [-0.1, -0.05) is 12.1 Å². The molecule has 2 aromatic rings. The average molecular weight is 397 g/mol. The highest BCUT2D eigenvalue weighted by Crippen LogP contribution is 2.15. The summed E-state index contributed by atoms with van der Waals surface area (Å²) < 4.78 is 39.4. The van der Waals surface area contributed by atoms with Gasteiger partial charge in [0.15, 0.2) is 0 Å². The first-order valence-electron chi connectivity index (χ1n) is 8.24. The van der Waals surface area contributed by atoms with Gasteiger partial charge in [-0.3, -0.25) is 4.79 Å². The Morgan fingerprint density at radius 3 is 2.42 bits per heavy atom. The van der Waals surface area contributed by atoms with Crippen molar-refractivity contribution in [3.63, 3.8) is 0 Å². The molecule has 9 heteroatoms. The molecule has 0 unspecified atom stereocenters. The maximum absolute atomic E-state index is 12.9. The first-order chi connectivity index (χ1) is 12.3. The van der Waals surface area contributed by atoms with Crippen LogP contribution in [-0.2, 0) is 27.0 Å². The summed E-state index contributed by atoms with van der Waals surface area (Å²) in [5.41, 5.74) is 1.30. The van der Waals surface area contributed by atoms with Gasteiger partial charge in [-0.05, 0) is 24.6 Å². The maximum atomic E-state index is 12.9. The molecule has 1 saturated heterocycles. The molecule has 1 fully saturated rings. The largest absolute Gasteiger partial charge is 0.340 e. The number of amides is 1. The predicted molar refractivity (Wildman–Crippen MR) is 97.7 cm³/mol. The SMILES string of the molecule is Cc1nc(CC(=O)N2CCN(S(=O)(=O)Cc3ccc(F)cc3)CC2)cs1. The van der Waals surface area contributed by atoms with Gasteiger partial charge < -0.3 is 4.90 Å². The van der Waals surface area contributed by atoms with Gasteiger partial charge in [0, 0.05) is 31.6 Å². The van der Waals surface area contributed by atoms with Crippen LogP contribution in [0, 0.1) is 12.7 Å². The van der Waals surface area contributed by atoms with Gasteiger partial charge in [0.25, 0.3) is 0 Å². The number of rotatable bonds is 5. The van der Waals surface area contributed by atoms with E-state index in [2.05, 4.69) is 4.98 Å². The van der Waals surface area contributed by atoms with Crippen molar-refractivity contribution in [2.24, 2.45) is 0 Å². The van der Waals surface area contributed by atoms with Crippen molar-refractivity contribution in [3.05, 3.63) is 51.7 Å². The van der Waals surface area contributed by atoms with Crippen LogP contribution in [0.4, 0.5) is 4.39 Å².